The standard InChI is InChI=1S/C38H60O12/c1-17-8-11-38(46-15-17)18(2)28-26(50-38)14-24-22-7-6-20-12-21(39)13-27(37(20,5)23(22)9-10-36(24,28)4)48-35-33(30(42)25(40)16-45-35)49-34-32(44)31(43)29(41)19(3)47-34/h6,17-19,21-35,39-44H,7-16H2,1-5H3/t17-,18-,19-,21+,22+,23-,24-,25-,26?,27+,28-,29-,30-,31+,32+,33+,34-,35-,36-,37-,38+/m0/s1. The Hall–Kier alpha value is -0.740. The Kier molecular flexibility index (Phi) is 9.38. The average molecular weight is 709 g/mol. The average Bonchev–Trinajstić information content (AvgIpc) is 3.53. The van der Waals surface area contributed by atoms with Crippen LogP contribution in [0.4, 0.5) is 0 Å². The quantitative estimate of drug-likeness (QED) is 0.235. The molecule has 1 spiro atoms. The predicted molar refractivity (Wildman–Crippen MR) is 177 cm³/mol. The van der Waals surface area contributed by atoms with Crippen LogP contribution in [-0.4, -0.2) is 123 Å². The largest absolute Gasteiger partial charge is 0.393 e. The molecule has 0 radical (unpaired) electrons. The van der Waals surface area contributed by atoms with Crippen LogP contribution in [-0.2, 0) is 28.4 Å². The van der Waals surface area contributed by atoms with Crippen molar-refractivity contribution in [2.24, 2.45) is 46.3 Å². The van der Waals surface area contributed by atoms with Gasteiger partial charge in [0.1, 0.15) is 36.6 Å². The Morgan fingerprint density at radius 2 is 1.60 bits per heavy atom. The van der Waals surface area contributed by atoms with Crippen molar-refractivity contribution in [3.05, 3.63) is 11.6 Å². The van der Waals surface area contributed by atoms with E-state index in [2.05, 4.69) is 33.8 Å². The van der Waals surface area contributed by atoms with Gasteiger partial charge in [0, 0.05) is 24.2 Å². The van der Waals surface area contributed by atoms with Crippen molar-refractivity contribution in [2.45, 2.75) is 165 Å². The summed E-state index contributed by atoms with van der Waals surface area (Å²) in [6.07, 6.45) is -3.26. The summed E-state index contributed by atoms with van der Waals surface area (Å²) in [5, 5.41) is 64.1. The van der Waals surface area contributed by atoms with Gasteiger partial charge in [0.2, 0.25) is 0 Å². The van der Waals surface area contributed by atoms with E-state index in [1.807, 2.05) is 0 Å². The van der Waals surface area contributed by atoms with Crippen LogP contribution < -0.4 is 0 Å². The van der Waals surface area contributed by atoms with Crippen molar-refractivity contribution < 1.29 is 59.1 Å². The summed E-state index contributed by atoms with van der Waals surface area (Å²) in [5.74, 6) is 2.08. The molecule has 21 atom stereocenters. The van der Waals surface area contributed by atoms with Gasteiger partial charge in [0.15, 0.2) is 18.4 Å². The first-order valence-electron chi connectivity index (χ1n) is 19.4. The number of fused-ring (bicyclic) bond motifs is 7. The van der Waals surface area contributed by atoms with Gasteiger partial charge in [-0.2, -0.15) is 0 Å². The third-order valence-corrected chi connectivity index (χ3v) is 15.2. The maximum Gasteiger partial charge on any atom is 0.187 e. The lowest BCUT2D eigenvalue weighted by Crippen LogP contribution is -2.63. The second-order valence-electron chi connectivity index (χ2n) is 17.9. The molecule has 4 aliphatic carbocycles. The van der Waals surface area contributed by atoms with Crippen molar-refractivity contribution in [3.8, 4) is 0 Å². The van der Waals surface area contributed by atoms with Crippen molar-refractivity contribution in [2.75, 3.05) is 13.2 Å². The lowest BCUT2D eigenvalue weighted by molar-refractivity contribution is -0.362. The fourth-order valence-corrected chi connectivity index (χ4v) is 12.4. The van der Waals surface area contributed by atoms with E-state index in [1.165, 1.54) is 5.57 Å². The second kappa shape index (κ2) is 12.9. The summed E-state index contributed by atoms with van der Waals surface area (Å²) in [4.78, 5) is 0. The first-order valence-corrected chi connectivity index (χ1v) is 19.4. The molecule has 7 fully saturated rings. The number of hydrogen-bond donors (Lipinski definition) is 6. The Bertz CT molecular complexity index is 1290. The molecule has 284 valence electrons. The molecule has 0 amide bonds. The first kappa shape index (κ1) is 36.2. The van der Waals surface area contributed by atoms with E-state index in [1.54, 1.807) is 6.92 Å². The second-order valence-corrected chi connectivity index (χ2v) is 17.9. The predicted octanol–water partition coefficient (Wildman–Crippen LogP) is 2.00. The van der Waals surface area contributed by atoms with E-state index >= 15 is 0 Å². The molecule has 0 bridgehead atoms. The third-order valence-electron chi connectivity index (χ3n) is 15.2. The van der Waals surface area contributed by atoms with E-state index in [9.17, 15) is 30.6 Å². The molecule has 12 nitrogen and oxygen atoms in total. The molecule has 6 N–H and O–H groups in total. The molecule has 12 heteroatoms. The van der Waals surface area contributed by atoms with E-state index in [0.29, 0.717) is 48.3 Å². The van der Waals surface area contributed by atoms with Gasteiger partial charge in [-0.15, -0.1) is 0 Å². The highest BCUT2D eigenvalue weighted by atomic mass is 16.8. The van der Waals surface area contributed by atoms with E-state index in [-0.39, 0.29) is 18.1 Å². The van der Waals surface area contributed by atoms with Crippen molar-refractivity contribution in [1.29, 1.82) is 0 Å². The monoisotopic (exact) mass is 708 g/mol. The van der Waals surface area contributed by atoms with Gasteiger partial charge in [-0.25, -0.2) is 0 Å². The van der Waals surface area contributed by atoms with Gasteiger partial charge in [-0.05, 0) is 80.5 Å². The van der Waals surface area contributed by atoms with Crippen LogP contribution in [0.15, 0.2) is 11.6 Å². The Morgan fingerprint density at radius 1 is 0.820 bits per heavy atom. The molecule has 1 unspecified atom stereocenters. The minimum Gasteiger partial charge on any atom is -0.393 e. The molecule has 8 aliphatic rings. The van der Waals surface area contributed by atoms with E-state index in [0.717, 1.165) is 45.1 Å². The zero-order valence-corrected chi connectivity index (χ0v) is 30.2. The minimum absolute atomic E-state index is 0.134. The molecule has 4 saturated heterocycles. The number of aliphatic hydroxyl groups is 6. The Balaban J connectivity index is 1.04. The Labute approximate surface area is 295 Å². The smallest absolute Gasteiger partial charge is 0.187 e. The summed E-state index contributed by atoms with van der Waals surface area (Å²) in [6.45, 7) is 11.5. The van der Waals surface area contributed by atoms with Crippen LogP contribution in [0.2, 0.25) is 0 Å². The molecule has 0 aromatic heterocycles. The SMILES string of the molecule is C[C@H]1CC[C@@]2(OC1)OC1C[C@H]3[C@@H]4CC=C5C[C@@H](O)C[C@@H](O[C@@H]6OC[C@H](O)[C@H](O)[C@H]6O[C@@H]6O[C@@H](C)[C@H](O)[C@@H](O)[C@H]6O)[C@]5(C)[C@H]4CC[C@]3(C)[C@H]1[C@@H]2C. The maximum absolute atomic E-state index is 11.1. The van der Waals surface area contributed by atoms with Gasteiger partial charge in [0.05, 0.1) is 37.6 Å². The van der Waals surface area contributed by atoms with Gasteiger partial charge < -0.3 is 59.1 Å². The van der Waals surface area contributed by atoms with Crippen molar-refractivity contribution in [1.82, 2.24) is 0 Å². The fraction of sp³-hybridized carbons (Fsp3) is 0.947. The summed E-state index contributed by atoms with van der Waals surface area (Å²) in [6, 6.07) is 0. The minimum atomic E-state index is -1.60. The zero-order valence-electron chi connectivity index (χ0n) is 30.2. The highest BCUT2D eigenvalue weighted by molar-refractivity contribution is 5.28. The van der Waals surface area contributed by atoms with E-state index < -0.39 is 78.7 Å². The third kappa shape index (κ3) is 5.45. The van der Waals surface area contributed by atoms with Crippen molar-refractivity contribution in [3.63, 3.8) is 0 Å². The van der Waals surface area contributed by atoms with Crippen LogP contribution in [0.5, 0.6) is 0 Å². The fourth-order valence-electron chi connectivity index (χ4n) is 12.4. The van der Waals surface area contributed by atoms with Crippen LogP contribution in [0, 0.1) is 46.3 Å². The van der Waals surface area contributed by atoms with Gasteiger partial charge in [-0.3, -0.25) is 0 Å². The lowest BCUT2D eigenvalue weighted by Gasteiger charge is -2.60. The molecule has 3 saturated carbocycles. The normalized spacial score (nSPS) is 59.3. The first-order chi connectivity index (χ1) is 23.7. The summed E-state index contributed by atoms with van der Waals surface area (Å²) in [7, 11) is 0. The molecule has 0 aromatic carbocycles. The molecule has 4 aliphatic heterocycles. The Morgan fingerprint density at radius 3 is 2.34 bits per heavy atom. The van der Waals surface area contributed by atoms with Gasteiger partial charge >= 0.3 is 0 Å². The van der Waals surface area contributed by atoms with E-state index in [4.69, 9.17) is 28.4 Å². The molecule has 8 rings (SSSR count). The highest BCUT2D eigenvalue weighted by Crippen LogP contribution is 2.71. The number of ether oxygens (including phenoxy) is 6. The number of allylic oxidation sites excluding steroid dienone is 1. The lowest BCUT2D eigenvalue weighted by atomic mass is 9.46. The van der Waals surface area contributed by atoms with Crippen LogP contribution in [0.25, 0.3) is 0 Å². The van der Waals surface area contributed by atoms with Crippen LogP contribution in [0.3, 0.4) is 0 Å². The topological polar surface area (TPSA) is 177 Å². The van der Waals surface area contributed by atoms with Gasteiger partial charge in [0.25, 0.3) is 0 Å². The molecule has 50 heavy (non-hydrogen) atoms. The number of hydrogen-bond acceptors (Lipinski definition) is 12. The zero-order chi connectivity index (χ0) is 35.5. The van der Waals surface area contributed by atoms with Crippen molar-refractivity contribution >= 4 is 0 Å². The molecule has 0 aromatic rings. The molecule has 4 heterocycles. The summed E-state index contributed by atoms with van der Waals surface area (Å²) in [5.41, 5.74) is 0.917. The highest BCUT2D eigenvalue weighted by Gasteiger charge is 2.69. The number of rotatable bonds is 4. The maximum atomic E-state index is 11.1. The summed E-state index contributed by atoms with van der Waals surface area (Å²) >= 11 is 0. The molecular formula is C38H60O12. The van der Waals surface area contributed by atoms with Gasteiger partial charge in [-0.1, -0.05) is 39.3 Å². The molecular weight excluding hydrogens is 648 g/mol. The van der Waals surface area contributed by atoms with Crippen LogP contribution >= 0.6 is 0 Å². The summed E-state index contributed by atoms with van der Waals surface area (Å²) < 4.78 is 38.0. The number of aliphatic hydroxyl groups excluding tert-OH is 6. The van der Waals surface area contributed by atoms with Crippen LogP contribution in [0.1, 0.15) is 86.0 Å².